The number of anilines is 1. The topological polar surface area (TPSA) is 41.6 Å². The van der Waals surface area contributed by atoms with Crippen molar-refractivity contribution in [1.82, 2.24) is 0 Å². The van der Waals surface area contributed by atoms with Crippen molar-refractivity contribution in [3.63, 3.8) is 0 Å². The predicted molar refractivity (Wildman–Crippen MR) is 99.4 cm³/mol. The van der Waals surface area contributed by atoms with Crippen molar-refractivity contribution in [3.05, 3.63) is 72.0 Å². The van der Waals surface area contributed by atoms with E-state index in [2.05, 4.69) is 4.99 Å². The maximum atomic E-state index is 14.5. The summed E-state index contributed by atoms with van der Waals surface area (Å²) in [6.07, 6.45) is 0.633. The van der Waals surface area contributed by atoms with E-state index in [4.69, 9.17) is 5.73 Å². The molecule has 24 heavy (non-hydrogen) atoms. The van der Waals surface area contributed by atoms with Gasteiger partial charge in [0.2, 0.25) is 5.96 Å². The minimum atomic E-state index is -0.251. The van der Waals surface area contributed by atoms with Crippen molar-refractivity contribution < 1.29 is 4.39 Å². The Labute approximate surface area is 141 Å². The zero-order chi connectivity index (χ0) is 17.1. The Balaban J connectivity index is 2.01. The number of guanidine groups is 1. The zero-order valence-electron chi connectivity index (χ0n) is 13.8. The number of rotatable bonds is 3. The van der Waals surface area contributed by atoms with Gasteiger partial charge in [0, 0.05) is 12.4 Å². The highest BCUT2D eigenvalue weighted by Crippen LogP contribution is 2.27. The van der Waals surface area contributed by atoms with Gasteiger partial charge in [-0.25, -0.2) is 9.38 Å². The summed E-state index contributed by atoms with van der Waals surface area (Å²) < 4.78 is 14.5. The first-order chi connectivity index (χ1) is 11.6. The van der Waals surface area contributed by atoms with E-state index >= 15 is 0 Å². The lowest BCUT2D eigenvalue weighted by atomic mass is 10.1. The van der Waals surface area contributed by atoms with Gasteiger partial charge in [-0.05, 0) is 29.5 Å². The lowest BCUT2D eigenvalue weighted by Crippen LogP contribution is -2.34. The monoisotopic (exact) mass is 321 g/mol. The van der Waals surface area contributed by atoms with Gasteiger partial charge in [-0.2, -0.15) is 0 Å². The van der Waals surface area contributed by atoms with Crippen LogP contribution in [0.4, 0.5) is 15.8 Å². The van der Waals surface area contributed by atoms with Gasteiger partial charge in [-0.3, -0.25) is 0 Å². The second kappa shape index (κ2) is 6.71. The molecule has 0 aromatic heterocycles. The van der Waals surface area contributed by atoms with Crippen LogP contribution in [0, 0.1) is 5.82 Å². The van der Waals surface area contributed by atoms with Gasteiger partial charge in [0.1, 0.15) is 5.82 Å². The molecular weight excluding hydrogens is 301 g/mol. The van der Waals surface area contributed by atoms with Crippen LogP contribution in [0.25, 0.3) is 10.8 Å². The fraction of sp³-hybridized carbons (Fsp3) is 0.150. The fourth-order valence-electron chi connectivity index (χ4n) is 2.73. The first-order valence-corrected chi connectivity index (χ1v) is 7.95. The Bertz CT molecular complexity index is 897. The van der Waals surface area contributed by atoms with E-state index in [1.807, 2.05) is 55.5 Å². The molecule has 2 N–H and O–H groups in total. The second-order valence-electron chi connectivity index (χ2n) is 5.63. The maximum absolute atomic E-state index is 14.5. The predicted octanol–water partition coefficient (Wildman–Crippen LogP) is 4.62. The molecule has 0 saturated carbocycles. The maximum Gasteiger partial charge on any atom is 0.200 e. The Hall–Kier alpha value is -2.88. The summed E-state index contributed by atoms with van der Waals surface area (Å²) in [7, 11) is 1.72. The van der Waals surface area contributed by atoms with Crippen LogP contribution < -0.4 is 10.6 Å². The van der Waals surface area contributed by atoms with E-state index in [0.29, 0.717) is 17.7 Å². The number of benzene rings is 3. The Morgan fingerprint density at radius 3 is 2.54 bits per heavy atom. The van der Waals surface area contributed by atoms with E-state index < -0.39 is 0 Å². The standard InChI is InChI=1S/C20H20FN3/c1-3-14-9-7-13-18(19(14)21)24(2)20(22)23-17-12-6-10-15-8-4-5-11-16(15)17/h4-13H,3H2,1-2H3,(H2,22,23). The number of nitrogens with two attached hydrogens (primary N) is 1. The lowest BCUT2D eigenvalue weighted by Gasteiger charge is -2.20. The molecule has 3 rings (SSSR count). The van der Waals surface area contributed by atoms with Gasteiger partial charge in [-0.15, -0.1) is 0 Å². The molecule has 122 valence electrons. The third kappa shape index (κ3) is 2.95. The molecule has 0 radical (unpaired) electrons. The molecule has 0 aliphatic carbocycles. The third-order valence-electron chi connectivity index (χ3n) is 4.15. The molecule has 4 heteroatoms. The Morgan fingerprint density at radius 2 is 1.75 bits per heavy atom. The highest BCUT2D eigenvalue weighted by atomic mass is 19.1. The molecule has 3 aromatic rings. The van der Waals surface area contributed by atoms with Crippen molar-refractivity contribution in [1.29, 1.82) is 0 Å². The summed E-state index contributed by atoms with van der Waals surface area (Å²) in [5.41, 5.74) is 8.00. The van der Waals surface area contributed by atoms with Crippen LogP contribution in [0.15, 0.2) is 65.7 Å². The van der Waals surface area contributed by atoms with E-state index in [-0.39, 0.29) is 11.8 Å². The molecule has 3 nitrogen and oxygen atoms in total. The third-order valence-corrected chi connectivity index (χ3v) is 4.15. The Kier molecular flexibility index (Phi) is 4.47. The Morgan fingerprint density at radius 1 is 1.04 bits per heavy atom. The fourth-order valence-corrected chi connectivity index (χ4v) is 2.73. The molecule has 0 amide bonds. The molecular formula is C20H20FN3. The van der Waals surface area contributed by atoms with Crippen LogP contribution in [0.3, 0.4) is 0 Å². The summed E-state index contributed by atoms with van der Waals surface area (Å²) in [5, 5.41) is 2.10. The molecule has 0 unspecified atom stereocenters. The molecule has 3 aromatic carbocycles. The molecule has 0 atom stereocenters. The van der Waals surface area contributed by atoms with Gasteiger partial charge in [0.25, 0.3) is 0 Å². The molecule has 0 spiro atoms. The van der Waals surface area contributed by atoms with Gasteiger partial charge in [0.05, 0.1) is 11.4 Å². The number of fused-ring (bicyclic) bond motifs is 1. The average Bonchev–Trinajstić information content (AvgIpc) is 2.61. The minimum Gasteiger partial charge on any atom is -0.369 e. The number of halogens is 1. The summed E-state index contributed by atoms with van der Waals surface area (Å²) in [5.74, 6) is -0.00271. The number of aliphatic imine (C=N–C) groups is 1. The number of aryl methyl sites for hydroxylation is 1. The lowest BCUT2D eigenvalue weighted by molar-refractivity contribution is 0.613. The van der Waals surface area contributed by atoms with Crippen molar-refractivity contribution in [2.24, 2.45) is 10.7 Å². The molecule has 0 bridgehead atoms. The minimum absolute atomic E-state index is 0.249. The van der Waals surface area contributed by atoms with Crippen molar-refractivity contribution in [2.45, 2.75) is 13.3 Å². The first-order valence-electron chi connectivity index (χ1n) is 7.95. The van der Waals surface area contributed by atoms with Crippen LogP contribution in [0.1, 0.15) is 12.5 Å². The van der Waals surface area contributed by atoms with Gasteiger partial charge in [0.15, 0.2) is 0 Å². The van der Waals surface area contributed by atoms with Crippen molar-refractivity contribution >= 4 is 28.1 Å². The van der Waals surface area contributed by atoms with E-state index in [9.17, 15) is 4.39 Å². The number of nitrogens with zero attached hydrogens (tertiary/aromatic N) is 2. The van der Waals surface area contributed by atoms with Gasteiger partial charge in [-0.1, -0.05) is 55.5 Å². The second-order valence-corrected chi connectivity index (χ2v) is 5.63. The largest absolute Gasteiger partial charge is 0.369 e. The highest BCUT2D eigenvalue weighted by Gasteiger charge is 2.13. The summed E-state index contributed by atoms with van der Waals surface area (Å²) >= 11 is 0. The van der Waals surface area contributed by atoms with Crippen molar-refractivity contribution in [3.8, 4) is 0 Å². The molecule has 0 aliphatic heterocycles. The quantitative estimate of drug-likeness (QED) is 0.565. The van der Waals surface area contributed by atoms with E-state index in [1.54, 1.807) is 24.1 Å². The molecule has 0 fully saturated rings. The van der Waals surface area contributed by atoms with Crippen LogP contribution >= 0.6 is 0 Å². The van der Waals surface area contributed by atoms with Crippen LogP contribution in [0.5, 0.6) is 0 Å². The van der Waals surface area contributed by atoms with Gasteiger partial charge < -0.3 is 10.6 Å². The van der Waals surface area contributed by atoms with E-state index in [0.717, 1.165) is 16.5 Å². The summed E-state index contributed by atoms with van der Waals surface area (Å²) in [6, 6.07) is 19.2. The molecule has 0 heterocycles. The van der Waals surface area contributed by atoms with Crippen molar-refractivity contribution in [2.75, 3.05) is 11.9 Å². The summed E-state index contributed by atoms with van der Waals surface area (Å²) in [6.45, 7) is 1.93. The van der Waals surface area contributed by atoms with E-state index in [1.165, 1.54) is 0 Å². The molecule has 0 saturated heterocycles. The average molecular weight is 321 g/mol. The summed E-state index contributed by atoms with van der Waals surface area (Å²) in [4.78, 5) is 6.09. The van der Waals surface area contributed by atoms with Crippen LogP contribution in [-0.2, 0) is 6.42 Å². The normalized spacial score (nSPS) is 11.7. The number of hydrogen-bond acceptors (Lipinski definition) is 1. The van der Waals surface area contributed by atoms with Crippen LogP contribution in [-0.4, -0.2) is 13.0 Å². The molecule has 0 aliphatic rings. The SMILES string of the molecule is CCc1cccc(N(C)C(N)=Nc2cccc3ccccc23)c1F. The van der Waals surface area contributed by atoms with Gasteiger partial charge >= 0.3 is 0 Å². The number of hydrogen-bond donors (Lipinski definition) is 1. The smallest absolute Gasteiger partial charge is 0.200 e. The van der Waals surface area contributed by atoms with Crippen LogP contribution in [0.2, 0.25) is 0 Å². The zero-order valence-corrected chi connectivity index (χ0v) is 13.8. The highest BCUT2D eigenvalue weighted by molar-refractivity contribution is 6.00. The first kappa shape index (κ1) is 16.0.